The molecule has 3 rings (SSSR count). The Morgan fingerprint density at radius 2 is 2.17 bits per heavy atom. The van der Waals surface area contributed by atoms with Crippen LogP contribution in [0.15, 0.2) is 12.1 Å². The van der Waals surface area contributed by atoms with Gasteiger partial charge in [0.1, 0.15) is 5.75 Å². The second-order valence-corrected chi connectivity index (χ2v) is 5.19. The van der Waals surface area contributed by atoms with Crippen molar-refractivity contribution in [1.29, 1.82) is 0 Å². The second-order valence-electron chi connectivity index (χ2n) is 4.78. The molecule has 1 N–H and O–H groups in total. The van der Waals surface area contributed by atoms with Gasteiger partial charge in [-0.3, -0.25) is 14.9 Å². The van der Waals surface area contributed by atoms with E-state index in [9.17, 15) is 9.59 Å². The molecule has 1 atom stereocenters. The molecule has 1 aromatic carbocycles. The van der Waals surface area contributed by atoms with E-state index in [0.717, 1.165) is 17.5 Å². The van der Waals surface area contributed by atoms with Crippen molar-refractivity contribution in [2.75, 3.05) is 7.11 Å². The lowest BCUT2D eigenvalue weighted by molar-refractivity contribution is -0.126. The van der Waals surface area contributed by atoms with Gasteiger partial charge in [0.05, 0.1) is 17.5 Å². The predicted octanol–water partition coefficient (Wildman–Crippen LogP) is 1.58. The molecule has 0 radical (unpaired) electrons. The van der Waals surface area contributed by atoms with E-state index in [1.165, 1.54) is 7.11 Å². The van der Waals surface area contributed by atoms with E-state index in [0.29, 0.717) is 17.2 Å². The molecule has 1 aliphatic heterocycles. The van der Waals surface area contributed by atoms with Crippen LogP contribution in [0.3, 0.4) is 0 Å². The van der Waals surface area contributed by atoms with E-state index in [2.05, 4.69) is 5.32 Å². The van der Waals surface area contributed by atoms with Gasteiger partial charge in [0.15, 0.2) is 0 Å². The standard InChI is InChI=1S/C13H12ClNO3/c1-18-10-5-8-7(4-9(10)14)2-3-13(8)6-11(16)15-12(13)17/h4-5H,2-3,6H2,1H3,(H,15,16,17). The van der Waals surface area contributed by atoms with Gasteiger partial charge >= 0.3 is 0 Å². The SMILES string of the molecule is COc1cc2c(cc1Cl)CCC21CC(=O)NC1=O. The molecule has 2 amide bonds. The third kappa shape index (κ3) is 1.38. The molecule has 1 unspecified atom stereocenters. The highest BCUT2D eigenvalue weighted by Gasteiger charge is 2.51. The Kier molecular flexibility index (Phi) is 2.38. The first-order valence-corrected chi connectivity index (χ1v) is 6.16. The Balaban J connectivity index is 2.17. The van der Waals surface area contributed by atoms with Gasteiger partial charge in [-0.1, -0.05) is 11.6 Å². The molecule has 1 fully saturated rings. The Morgan fingerprint density at radius 1 is 1.39 bits per heavy atom. The van der Waals surface area contributed by atoms with Crippen LogP contribution in [0.2, 0.25) is 5.02 Å². The number of carbonyl (C=O) groups excluding carboxylic acids is 2. The molecule has 1 saturated heterocycles. The average molecular weight is 266 g/mol. The first kappa shape index (κ1) is 11.5. The number of methoxy groups -OCH3 is 1. The number of hydrogen-bond acceptors (Lipinski definition) is 3. The fourth-order valence-corrected chi connectivity index (χ4v) is 3.21. The fourth-order valence-electron chi connectivity index (χ4n) is 2.95. The number of imide groups is 1. The van der Waals surface area contributed by atoms with Gasteiger partial charge in [-0.15, -0.1) is 0 Å². The van der Waals surface area contributed by atoms with Gasteiger partial charge < -0.3 is 4.74 Å². The molecule has 2 aliphatic rings. The van der Waals surface area contributed by atoms with E-state index in [1.807, 2.05) is 6.07 Å². The van der Waals surface area contributed by atoms with Gasteiger partial charge in [-0.25, -0.2) is 0 Å². The van der Waals surface area contributed by atoms with Crippen molar-refractivity contribution in [3.8, 4) is 5.75 Å². The van der Waals surface area contributed by atoms with Gasteiger partial charge in [0, 0.05) is 6.42 Å². The van der Waals surface area contributed by atoms with Crippen LogP contribution in [0, 0.1) is 0 Å². The number of hydrogen-bond donors (Lipinski definition) is 1. The topological polar surface area (TPSA) is 55.4 Å². The minimum Gasteiger partial charge on any atom is -0.495 e. The van der Waals surface area contributed by atoms with Gasteiger partial charge in [-0.05, 0) is 36.1 Å². The van der Waals surface area contributed by atoms with Crippen molar-refractivity contribution < 1.29 is 14.3 Å². The summed E-state index contributed by atoms with van der Waals surface area (Å²) in [5.41, 5.74) is 1.21. The summed E-state index contributed by atoms with van der Waals surface area (Å²) < 4.78 is 5.19. The van der Waals surface area contributed by atoms with Crippen LogP contribution in [0.5, 0.6) is 5.75 Å². The van der Waals surface area contributed by atoms with E-state index in [1.54, 1.807) is 6.07 Å². The van der Waals surface area contributed by atoms with Crippen LogP contribution in [0.1, 0.15) is 24.0 Å². The monoisotopic (exact) mass is 265 g/mol. The van der Waals surface area contributed by atoms with Crippen LogP contribution in [0.4, 0.5) is 0 Å². The van der Waals surface area contributed by atoms with Crippen molar-refractivity contribution in [2.24, 2.45) is 0 Å². The highest BCUT2D eigenvalue weighted by Crippen LogP contribution is 2.47. The molecule has 0 saturated carbocycles. The van der Waals surface area contributed by atoms with Crippen molar-refractivity contribution >= 4 is 23.4 Å². The molecule has 0 aromatic heterocycles. The van der Waals surface area contributed by atoms with E-state index in [-0.39, 0.29) is 18.2 Å². The van der Waals surface area contributed by atoms with E-state index < -0.39 is 5.41 Å². The van der Waals surface area contributed by atoms with Crippen LogP contribution in [-0.2, 0) is 21.4 Å². The number of halogens is 1. The quantitative estimate of drug-likeness (QED) is 0.785. The summed E-state index contributed by atoms with van der Waals surface area (Å²) >= 11 is 6.08. The third-order valence-electron chi connectivity index (χ3n) is 3.86. The molecule has 0 bridgehead atoms. The summed E-state index contributed by atoms with van der Waals surface area (Å²) in [6.45, 7) is 0. The lowest BCUT2D eigenvalue weighted by Crippen LogP contribution is -2.33. The summed E-state index contributed by atoms with van der Waals surface area (Å²) in [7, 11) is 1.54. The smallest absolute Gasteiger partial charge is 0.237 e. The van der Waals surface area contributed by atoms with E-state index >= 15 is 0 Å². The summed E-state index contributed by atoms with van der Waals surface area (Å²) in [4.78, 5) is 23.5. The number of aryl methyl sites for hydroxylation is 1. The first-order valence-electron chi connectivity index (χ1n) is 5.78. The summed E-state index contributed by atoms with van der Waals surface area (Å²) in [5, 5.41) is 2.93. The highest BCUT2D eigenvalue weighted by molar-refractivity contribution is 6.32. The highest BCUT2D eigenvalue weighted by atomic mass is 35.5. The maximum Gasteiger partial charge on any atom is 0.237 e. The van der Waals surface area contributed by atoms with E-state index in [4.69, 9.17) is 16.3 Å². The zero-order chi connectivity index (χ0) is 12.9. The lowest BCUT2D eigenvalue weighted by Gasteiger charge is -2.20. The maximum atomic E-state index is 12.1. The van der Waals surface area contributed by atoms with Crippen molar-refractivity contribution in [3.05, 3.63) is 28.3 Å². The largest absolute Gasteiger partial charge is 0.495 e. The van der Waals surface area contributed by atoms with Crippen LogP contribution >= 0.6 is 11.6 Å². The molecule has 94 valence electrons. The molecule has 1 aromatic rings. The molecule has 18 heavy (non-hydrogen) atoms. The molecule has 1 spiro atoms. The third-order valence-corrected chi connectivity index (χ3v) is 4.16. The number of rotatable bonds is 1. The number of ether oxygens (including phenoxy) is 1. The summed E-state index contributed by atoms with van der Waals surface area (Å²) in [6, 6.07) is 3.63. The second kappa shape index (κ2) is 3.72. The molecular formula is C13H12ClNO3. The molecule has 5 heteroatoms. The Morgan fingerprint density at radius 3 is 2.78 bits per heavy atom. The van der Waals surface area contributed by atoms with Crippen LogP contribution < -0.4 is 10.1 Å². The molecule has 4 nitrogen and oxygen atoms in total. The van der Waals surface area contributed by atoms with Crippen LogP contribution in [-0.4, -0.2) is 18.9 Å². The summed E-state index contributed by atoms with van der Waals surface area (Å²) in [6.07, 6.45) is 1.65. The molecule has 1 aliphatic carbocycles. The van der Waals surface area contributed by atoms with Crippen LogP contribution in [0.25, 0.3) is 0 Å². The zero-order valence-electron chi connectivity index (χ0n) is 9.88. The van der Waals surface area contributed by atoms with Crippen molar-refractivity contribution in [1.82, 2.24) is 5.32 Å². The number of amides is 2. The fraction of sp³-hybridized carbons (Fsp3) is 0.385. The normalized spacial score (nSPS) is 25.4. The zero-order valence-corrected chi connectivity index (χ0v) is 10.6. The summed E-state index contributed by atoms with van der Waals surface area (Å²) in [5.74, 6) is 0.140. The van der Waals surface area contributed by atoms with Gasteiger partial charge in [0.25, 0.3) is 0 Å². The minimum absolute atomic E-state index is 0.198. The minimum atomic E-state index is -0.704. The Hall–Kier alpha value is -1.55. The van der Waals surface area contributed by atoms with Crippen molar-refractivity contribution in [2.45, 2.75) is 24.7 Å². The van der Waals surface area contributed by atoms with Gasteiger partial charge in [0.2, 0.25) is 11.8 Å². The molecule has 1 heterocycles. The van der Waals surface area contributed by atoms with Gasteiger partial charge in [-0.2, -0.15) is 0 Å². The number of nitrogens with one attached hydrogen (secondary N) is 1. The average Bonchev–Trinajstić information content (AvgIpc) is 2.81. The first-order chi connectivity index (χ1) is 8.56. The Labute approximate surface area is 109 Å². The maximum absolute atomic E-state index is 12.1. The number of fused-ring (bicyclic) bond motifs is 2. The van der Waals surface area contributed by atoms with Crippen molar-refractivity contribution in [3.63, 3.8) is 0 Å². The Bertz CT molecular complexity index is 570. The number of benzene rings is 1. The molecular weight excluding hydrogens is 254 g/mol. The lowest BCUT2D eigenvalue weighted by atomic mass is 9.80. The predicted molar refractivity (Wildman–Crippen MR) is 65.8 cm³/mol. The number of carbonyl (C=O) groups is 2.